The number of aliphatic hydroxyl groups excluding tert-OH is 1. The van der Waals surface area contributed by atoms with Gasteiger partial charge in [0, 0.05) is 29.5 Å². The van der Waals surface area contributed by atoms with Crippen molar-refractivity contribution in [1.82, 2.24) is 9.88 Å². The van der Waals surface area contributed by atoms with E-state index in [2.05, 4.69) is 11.6 Å². The number of carbonyl (C=O) groups excluding carboxylic acids is 2. The number of hydrogen-bond donors (Lipinski definition) is 1. The van der Waals surface area contributed by atoms with Crippen LogP contribution in [0.5, 0.6) is 5.75 Å². The van der Waals surface area contributed by atoms with Crippen LogP contribution in [0.1, 0.15) is 22.7 Å². The van der Waals surface area contributed by atoms with Crippen molar-refractivity contribution in [1.29, 1.82) is 0 Å². The SMILES string of the molecule is C=CCOc1cccc(C2/C(=C(\O)c3ccc(Cl)cc3)C(=O)C(=O)N2Cc2cccnc2)c1. The lowest BCUT2D eigenvalue weighted by Gasteiger charge is -2.25. The molecule has 33 heavy (non-hydrogen) atoms. The molecule has 1 unspecified atom stereocenters. The molecular weight excluding hydrogens is 440 g/mol. The molecule has 1 N–H and O–H groups in total. The van der Waals surface area contributed by atoms with E-state index in [1.54, 1.807) is 73.1 Å². The fourth-order valence-corrected chi connectivity index (χ4v) is 3.90. The summed E-state index contributed by atoms with van der Waals surface area (Å²) in [5.41, 5.74) is 1.79. The minimum Gasteiger partial charge on any atom is -0.507 e. The van der Waals surface area contributed by atoms with Crippen LogP contribution in [0.4, 0.5) is 0 Å². The van der Waals surface area contributed by atoms with Gasteiger partial charge in [-0.1, -0.05) is 42.5 Å². The van der Waals surface area contributed by atoms with Gasteiger partial charge in [-0.2, -0.15) is 0 Å². The lowest BCUT2D eigenvalue weighted by atomic mass is 9.95. The number of hydrogen-bond acceptors (Lipinski definition) is 5. The second-order valence-electron chi connectivity index (χ2n) is 7.47. The van der Waals surface area contributed by atoms with Gasteiger partial charge >= 0.3 is 0 Å². The average molecular weight is 461 g/mol. The van der Waals surface area contributed by atoms with Gasteiger partial charge in [0.15, 0.2) is 0 Å². The van der Waals surface area contributed by atoms with Gasteiger partial charge in [0.25, 0.3) is 11.7 Å². The molecule has 1 fully saturated rings. The van der Waals surface area contributed by atoms with Gasteiger partial charge in [-0.05, 0) is 53.6 Å². The molecule has 4 rings (SSSR count). The fourth-order valence-electron chi connectivity index (χ4n) is 3.77. The van der Waals surface area contributed by atoms with Gasteiger partial charge in [-0.25, -0.2) is 0 Å². The van der Waals surface area contributed by atoms with E-state index in [0.29, 0.717) is 28.5 Å². The van der Waals surface area contributed by atoms with Gasteiger partial charge in [0.05, 0.1) is 11.6 Å². The number of carbonyl (C=O) groups is 2. The maximum absolute atomic E-state index is 13.1. The summed E-state index contributed by atoms with van der Waals surface area (Å²) >= 11 is 5.97. The fraction of sp³-hybridized carbons (Fsp3) is 0.115. The Morgan fingerprint density at radius 2 is 1.94 bits per heavy atom. The highest BCUT2D eigenvalue weighted by molar-refractivity contribution is 6.46. The predicted octanol–water partition coefficient (Wildman–Crippen LogP) is 4.92. The summed E-state index contributed by atoms with van der Waals surface area (Å²) in [4.78, 5) is 31.8. The van der Waals surface area contributed by atoms with Gasteiger partial charge in [0.1, 0.15) is 18.1 Å². The number of ether oxygens (including phenoxy) is 1. The highest BCUT2D eigenvalue weighted by Crippen LogP contribution is 2.41. The second-order valence-corrected chi connectivity index (χ2v) is 7.90. The molecular formula is C26H21ClN2O4. The third-order valence-electron chi connectivity index (χ3n) is 5.28. The molecule has 0 bridgehead atoms. The number of Topliss-reactive ketones (excluding diaryl/α,β-unsaturated/α-hetero) is 1. The zero-order valence-corrected chi connectivity index (χ0v) is 18.4. The molecule has 0 radical (unpaired) electrons. The largest absolute Gasteiger partial charge is 0.507 e. The van der Waals surface area contributed by atoms with Crippen LogP contribution in [0.3, 0.4) is 0 Å². The molecule has 1 aliphatic rings. The van der Waals surface area contributed by atoms with E-state index in [1.165, 1.54) is 4.90 Å². The molecule has 1 aliphatic heterocycles. The summed E-state index contributed by atoms with van der Waals surface area (Å²) in [7, 11) is 0. The normalized spacial score (nSPS) is 17.2. The third-order valence-corrected chi connectivity index (χ3v) is 5.53. The summed E-state index contributed by atoms with van der Waals surface area (Å²) in [5.74, 6) is -1.16. The lowest BCUT2D eigenvalue weighted by Crippen LogP contribution is -2.29. The van der Waals surface area contributed by atoms with E-state index in [9.17, 15) is 14.7 Å². The smallest absolute Gasteiger partial charge is 0.295 e. The molecule has 2 heterocycles. The van der Waals surface area contributed by atoms with Crippen molar-refractivity contribution in [3.05, 3.63) is 113 Å². The Hall–Kier alpha value is -3.90. The van der Waals surface area contributed by atoms with Crippen LogP contribution in [0, 0.1) is 0 Å². The summed E-state index contributed by atoms with van der Waals surface area (Å²) in [6.07, 6.45) is 4.90. The van der Waals surface area contributed by atoms with E-state index in [4.69, 9.17) is 16.3 Å². The zero-order chi connectivity index (χ0) is 23.4. The molecule has 166 valence electrons. The van der Waals surface area contributed by atoms with E-state index >= 15 is 0 Å². The Morgan fingerprint density at radius 1 is 1.15 bits per heavy atom. The number of halogens is 1. The first-order valence-electron chi connectivity index (χ1n) is 10.3. The average Bonchev–Trinajstić information content (AvgIpc) is 3.08. The third kappa shape index (κ3) is 4.66. The van der Waals surface area contributed by atoms with Gasteiger partial charge < -0.3 is 14.7 Å². The van der Waals surface area contributed by atoms with Gasteiger partial charge in [0.2, 0.25) is 0 Å². The van der Waals surface area contributed by atoms with E-state index < -0.39 is 17.7 Å². The quantitative estimate of drug-likeness (QED) is 0.234. The number of benzene rings is 2. The van der Waals surface area contributed by atoms with Gasteiger partial charge in [-0.15, -0.1) is 0 Å². The molecule has 7 heteroatoms. The molecule has 1 saturated heterocycles. The molecule has 0 aliphatic carbocycles. The van der Waals surface area contributed by atoms with E-state index in [1.807, 2.05) is 6.07 Å². The molecule has 0 saturated carbocycles. The first-order chi connectivity index (χ1) is 16.0. The predicted molar refractivity (Wildman–Crippen MR) is 126 cm³/mol. The summed E-state index contributed by atoms with van der Waals surface area (Å²) in [5, 5.41) is 11.6. The highest BCUT2D eigenvalue weighted by Gasteiger charge is 2.46. The Balaban J connectivity index is 1.84. The molecule has 1 atom stereocenters. The highest BCUT2D eigenvalue weighted by atomic mass is 35.5. The van der Waals surface area contributed by atoms with Crippen LogP contribution in [0.2, 0.25) is 5.02 Å². The molecule has 6 nitrogen and oxygen atoms in total. The Labute approximate surface area is 196 Å². The minimum atomic E-state index is -0.812. The van der Waals surface area contributed by atoms with Crippen molar-refractivity contribution in [3.8, 4) is 5.75 Å². The summed E-state index contributed by atoms with van der Waals surface area (Å²) in [6.45, 7) is 4.11. The molecule has 3 aromatic rings. The Morgan fingerprint density at radius 3 is 2.64 bits per heavy atom. The number of aliphatic hydroxyl groups is 1. The van der Waals surface area contributed by atoms with Crippen molar-refractivity contribution < 1.29 is 19.4 Å². The van der Waals surface area contributed by atoms with Crippen LogP contribution in [0.15, 0.2) is 91.3 Å². The van der Waals surface area contributed by atoms with E-state index in [-0.39, 0.29) is 17.9 Å². The van der Waals surface area contributed by atoms with Crippen molar-refractivity contribution >= 4 is 29.1 Å². The molecule has 0 spiro atoms. The second kappa shape index (κ2) is 9.71. The van der Waals surface area contributed by atoms with E-state index in [0.717, 1.165) is 5.56 Å². The number of aromatic nitrogens is 1. The number of ketones is 1. The number of nitrogens with zero attached hydrogens (tertiary/aromatic N) is 2. The van der Waals surface area contributed by atoms with Crippen molar-refractivity contribution in [3.63, 3.8) is 0 Å². The first-order valence-corrected chi connectivity index (χ1v) is 10.6. The standard InChI is InChI=1S/C26H21ClN2O4/c1-2-13-33-21-7-3-6-19(14-21)23-22(24(30)18-8-10-20(27)11-9-18)25(31)26(32)29(23)16-17-5-4-12-28-15-17/h2-12,14-15,23,30H,1,13,16H2/b24-22+. The van der Waals surface area contributed by atoms with Crippen LogP contribution in [0.25, 0.3) is 5.76 Å². The number of amides is 1. The zero-order valence-electron chi connectivity index (χ0n) is 17.6. The topological polar surface area (TPSA) is 79.7 Å². The van der Waals surface area contributed by atoms with Crippen molar-refractivity contribution in [2.45, 2.75) is 12.6 Å². The Bertz CT molecular complexity index is 1220. The first kappa shape index (κ1) is 22.3. The van der Waals surface area contributed by atoms with Gasteiger partial charge in [-0.3, -0.25) is 14.6 Å². The summed E-state index contributed by atoms with van der Waals surface area (Å²) < 4.78 is 5.65. The summed E-state index contributed by atoms with van der Waals surface area (Å²) in [6, 6.07) is 16.3. The molecule has 1 amide bonds. The van der Waals surface area contributed by atoms with Crippen LogP contribution in [-0.2, 0) is 16.1 Å². The minimum absolute atomic E-state index is 0.00656. The van der Waals surface area contributed by atoms with Crippen LogP contribution < -0.4 is 4.74 Å². The Kier molecular flexibility index (Phi) is 6.56. The number of pyridine rings is 1. The van der Waals surface area contributed by atoms with Crippen LogP contribution in [-0.4, -0.2) is 33.3 Å². The molecule has 2 aromatic carbocycles. The monoisotopic (exact) mass is 460 g/mol. The number of likely N-dealkylation sites (tertiary alicyclic amines) is 1. The molecule has 1 aromatic heterocycles. The van der Waals surface area contributed by atoms with Crippen LogP contribution >= 0.6 is 11.6 Å². The lowest BCUT2D eigenvalue weighted by molar-refractivity contribution is -0.140. The van der Waals surface area contributed by atoms with Crippen molar-refractivity contribution in [2.75, 3.05) is 6.61 Å². The number of rotatable bonds is 7. The van der Waals surface area contributed by atoms with Crippen molar-refractivity contribution in [2.24, 2.45) is 0 Å². The maximum atomic E-state index is 13.1. The maximum Gasteiger partial charge on any atom is 0.295 e.